The van der Waals surface area contributed by atoms with Gasteiger partial charge in [0.05, 0.1) is 9.79 Å². The summed E-state index contributed by atoms with van der Waals surface area (Å²) in [7, 11) is -6.83. The quantitative estimate of drug-likeness (QED) is 0.324. The van der Waals surface area contributed by atoms with Crippen molar-refractivity contribution in [1.82, 2.24) is 0 Å². The van der Waals surface area contributed by atoms with Crippen LogP contribution in [0.15, 0.2) is 107 Å². The summed E-state index contributed by atoms with van der Waals surface area (Å²) in [5, 5.41) is 5.54. The number of carbonyl (C=O) groups excluding carboxylic acids is 2. The van der Waals surface area contributed by atoms with Gasteiger partial charge in [-0.2, -0.15) is 0 Å². The minimum Gasteiger partial charge on any atom is -0.322 e. The molecule has 39 heavy (non-hydrogen) atoms. The second kappa shape index (κ2) is 11.2. The molecule has 8 nitrogen and oxygen atoms in total. The highest BCUT2D eigenvalue weighted by Gasteiger charge is 2.13. The number of benzene rings is 4. The summed E-state index contributed by atoms with van der Waals surface area (Å²) >= 11 is 0. The molecule has 0 aliphatic heterocycles. The third-order valence-electron chi connectivity index (χ3n) is 5.88. The van der Waals surface area contributed by atoms with Crippen LogP contribution in [0.1, 0.15) is 31.8 Å². The molecule has 0 spiro atoms. The van der Waals surface area contributed by atoms with Crippen molar-refractivity contribution in [3.63, 3.8) is 0 Å². The van der Waals surface area contributed by atoms with Gasteiger partial charge in [0, 0.05) is 35.0 Å². The number of sulfone groups is 2. The highest BCUT2D eigenvalue weighted by Crippen LogP contribution is 2.19. The predicted octanol–water partition coefficient (Wildman–Crippen LogP) is 4.59. The summed E-state index contributed by atoms with van der Waals surface area (Å²) in [5.74, 6) is -0.817. The molecule has 2 N–H and O–H groups in total. The number of nitrogens with one attached hydrogen (secondary N) is 2. The van der Waals surface area contributed by atoms with E-state index >= 15 is 0 Å². The van der Waals surface area contributed by atoms with E-state index in [4.69, 9.17) is 0 Å². The third kappa shape index (κ3) is 7.40. The molecular weight excluding hydrogens is 536 g/mol. The Bertz CT molecular complexity index is 1620. The lowest BCUT2D eigenvalue weighted by Crippen LogP contribution is -2.12. The van der Waals surface area contributed by atoms with Gasteiger partial charge in [-0.25, -0.2) is 16.8 Å². The SMILES string of the molecule is CS(=O)(=O)c1cccc(C(=O)Nc2ccc(Cc3ccc(NC(=O)c4cccc(S(C)(=O)=O)c4)cc3)cc2)c1. The van der Waals surface area contributed by atoms with Crippen molar-refractivity contribution in [3.05, 3.63) is 119 Å². The fourth-order valence-corrected chi connectivity index (χ4v) is 5.12. The van der Waals surface area contributed by atoms with Crippen LogP contribution < -0.4 is 10.6 Å². The first kappa shape index (κ1) is 27.7. The molecule has 0 saturated heterocycles. The second-order valence-corrected chi connectivity index (χ2v) is 13.1. The number of anilines is 2. The smallest absolute Gasteiger partial charge is 0.255 e. The lowest BCUT2D eigenvalue weighted by molar-refractivity contribution is 0.101. The summed E-state index contributed by atoms with van der Waals surface area (Å²) in [6.45, 7) is 0. The average molecular weight is 563 g/mol. The summed E-state index contributed by atoms with van der Waals surface area (Å²) in [6.07, 6.45) is 2.80. The summed E-state index contributed by atoms with van der Waals surface area (Å²) in [5.41, 5.74) is 3.65. The molecule has 200 valence electrons. The maximum atomic E-state index is 12.6. The Morgan fingerprint density at radius 1 is 0.564 bits per heavy atom. The van der Waals surface area contributed by atoms with E-state index in [0.717, 1.165) is 23.6 Å². The van der Waals surface area contributed by atoms with Gasteiger partial charge >= 0.3 is 0 Å². The largest absolute Gasteiger partial charge is 0.322 e. The van der Waals surface area contributed by atoms with Crippen LogP contribution in [-0.4, -0.2) is 41.2 Å². The van der Waals surface area contributed by atoms with Crippen molar-refractivity contribution in [2.75, 3.05) is 23.1 Å². The van der Waals surface area contributed by atoms with E-state index < -0.39 is 31.5 Å². The van der Waals surface area contributed by atoms with Crippen LogP contribution in [-0.2, 0) is 26.1 Å². The molecule has 4 rings (SSSR count). The van der Waals surface area contributed by atoms with Crippen LogP contribution in [0.25, 0.3) is 0 Å². The maximum Gasteiger partial charge on any atom is 0.255 e. The van der Waals surface area contributed by atoms with Gasteiger partial charge in [0.15, 0.2) is 19.7 Å². The van der Waals surface area contributed by atoms with E-state index in [1.807, 2.05) is 24.3 Å². The Morgan fingerprint density at radius 2 is 0.923 bits per heavy atom. The Balaban J connectivity index is 1.36. The summed E-state index contributed by atoms with van der Waals surface area (Å²) in [6, 6.07) is 26.4. The number of rotatable bonds is 8. The monoisotopic (exact) mass is 562 g/mol. The molecule has 0 bridgehead atoms. The van der Waals surface area contributed by atoms with Crippen LogP contribution in [0.3, 0.4) is 0 Å². The van der Waals surface area contributed by atoms with Gasteiger partial charge in [0.25, 0.3) is 11.8 Å². The molecule has 0 unspecified atom stereocenters. The molecule has 0 heterocycles. The first-order chi connectivity index (χ1) is 18.4. The Labute approximate surface area is 227 Å². The topological polar surface area (TPSA) is 126 Å². The molecule has 2 amide bonds. The highest BCUT2D eigenvalue weighted by atomic mass is 32.2. The van der Waals surface area contributed by atoms with Gasteiger partial charge in [0.1, 0.15) is 0 Å². The Morgan fingerprint density at radius 3 is 1.26 bits per heavy atom. The van der Waals surface area contributed by atoms with Crippen molar-refractivity contribution in [2.45, 2.75) is 16.2 Å². The maximum absolute atomic E-state index is 12.6. The van der Waals surface area contributed by atoms with Gasteiger partial charge in [-0.1, -0.05) is 36.4 Å². The van der Waals surface area contributed by atoms with Gasteiger partial charge in [-0.15, -0.1) is 0 Å². The molecule has 10 heteroatoms. The first-order valence-corrected chi connectivity index (χ1v) is 15.6. The second-order valence-electron chi connectivity index (χ2n) is 9.08. The Kier molecular flexibility index (Phi) is 7.98. The molecule has 4 aromatic rings. The lowest BCUT2D eigenvalue weighted by atomic mass is 10.0. The van der Waals surface area contributed by atoms with E-state index in [1.54, 1.807) is 36.4 Å². The van der Waals surface area contributed by atoms with Crippen molar-refractivity contribution in [1.29, 1.82) is 0 Å². The van der Waals surface area contributed by atoms with Crippen molar-refractivity contribution in [3.8, 4) is 0 Å². The Hall–Kier alpha value is -4.28. The van der Waals surface area contributed by atoms with Crippen LogP contribution >= 0.6 is 0 Å². The molecule has 0 fully saturated rings. The molecule has 0 radical (unpaired) electrons. The normalized spacial score (nSPS) is 11.5. The van der Waals surface area contributed by atoms with Crippen molar-refractivity contribution >= 4 is 42.9 Å². The molecule has 0 atom stereocenters. The molecular formula is C29H26N2O6S2. The zero-order chi connectivity index (χ0) is 28.2. The minimum atomic E-state index is -3.42. The predicted molar refractivity (Wildman–Crippen MR) is 151 cm³/mol. The van der Waals surface area contributed by atoms with Gasteiger partial charge in [0.2, 0.25) is 0 Å². The van der Waals surface area contributed by atoms with Crippen LogP contribution in [0.4, 0.5) is 11.4 Å². The highest BCUT2D eigenvalue weighted by molar-refractivity contribution is 7.91. The lowest BCUT2D eigenvalue weighted by Gasteiger charge is -2.09. The number of hydrogen-bond acceptors (Lipinski definition) is 6. The standard InChI is InChI=1S/C29H26N2O6S2/c1-38(34,35)26-7-3-5-22(18-26)28(32)30-24-13-9-20(10-14-24)17-21-11-15-25(16-12-21)31-29(33)23-6-4-8-27(19-23)39(2,36)37/h3-16,18-19H,17H2,1-2H3,(H,30,32)(H,31,33). The molecule has 0 aliphatic rings. The van der Waals surface area contributed by atoms with E-state index in [9.17, 15) is 26.4 Å². The molecule has 0 aromatic heterocycles. The number of hydrogen-bond donors (Lipinski definition) is 2. The van der Waals surface area contributed by atoms with Gasteiger partial charge < -0.3 is 10.6 Å². The molecule has 0 aliphatic carbocycles. The zero-order valence-electron chi connectivity index (χ0n) is 21.2. The van der Waals surface area contributed by atoms with E-state index in [2.05, 4.69) is 10.6 Å². The first-order valence-electron chi connectivity index (χ1n) is 11.8. The zero-order valence-corrected chi connectivity index (χ0v) is 22.8. The van der Waals surface area contributed by atoms with E-state index in [-0.39, 0.29) is 20.9 Å². The van der Waals surface area contributed by atoms with Crippen molar-refractivity contribution in [2.24, 2.45) is 0 Å². The van der Waals surface area contributed by atoms with Crippen molar-refractivity contribution < 1.29 is 26.4 Å². The number of amides is 2. The van der Waals surface area contributed by atoms with Crippen LogP contribution in [0.5, 0.6) is 0 Å². The average Bonchev–Trinajstić information content (AvgIpc) is 2.90. The van der Waals surface area contributed by atoms with Gasteiger partial charge in [-0.05, 0) is 78.2 Å². The van der Waals surface area contributed by atoms with Crippen LogP contribution in [0.2, 0.25) is 0 Å². The van der Waals surface area contributed by atoms with E-state index in [0.29, 0.717) is 17.8 Å². The third-order valence-corrected chi connectivity index (χ3v) is 8.10. The van der Waals surface area contributed by atoms with E-state index in [1.165, 1.54) is 36.4 Å². The fourth-order valence-electron chi connectivity index (χ4n) is 3.79. The molecule has 4 aromatic carbocycles. The summed E-state index contributed by atoms with van der Waals surface area (Å²) < 4.78 is 47.0. The number of carbonyl (C=O) groups is 2. The fraction of sp³-hybridized carbons (Fsp3) is 0.103. The summed E-state index contributed by atoms with van der Waals surface area (Å²) in [4.78, 5) is 25.3. The molecule has 0 saturated carbocycles. The minimum absolute atomic E-state index is 0.0808. The van der Waals surface area contributed by atoms with Crippen LogP contribution in [0, 0.1) is 0 Å². The van der Waals surface area contributed by atoms with Gasteiger partial charge in [-0.3, -0.25) is 9.59 Å².